The van der Waals surface area contributed by atoms with Gasteiger partial charge in [0.05, 0.1) is 7.11 Å². The molecular weight excluding hydrogens is 272 g/mol. The van der Waals surface area contributed by atoms with Gasteiger partial charge in [0.25, 0.3) is 0 Å². The predicted octanol–water partition coefficient (Wildman–Crippen LogP) is 2.65. The fourth-order valence-corrected chi connectivity index (χ4v) is 2.88. The summed E-state index contributed by atoms with van der Waals surface area (Å²) in [5, 5.41) is 5.52. The minimum Gasteiger partial charge on any atom is -0.480 e. The van der Waals surface area contributed by atoms with Crippen LogP contribution in [0.15, 0.2) is 36.1 Å². The minimum atomic E-state index is 0.242. The third-order valence-electron chi connectivity index (χ3n) is 3.30. The SMILES string of the molecule is COc1nc2sccn2c1CN[C@H](C)c1ccncc1. The molecule has 0 aromatic carbocycles. The first-order chi connectivity index (χ1) is 9.79. The first-order valence-electron chi connectivity index (χ1n) is 6.41. The number of imidazole rings is 1. The van der Waals surface area contributed by atoms with Crippen LogP contribution in [0.4, 0.5) is 0 Å². The van der Waals surface area contributed by atoms with Crippen molar-refractivity contribution in [2.75, 3.05) is 7.11 Å². The summed E-state index contributed by atoms with van der Waals surface area (Å²) in [4.78, 5) is 9.44. The van der Waals surface area contributed by atoms with Crippen molar-refractivity contribution in [1.82, 2.24) is 19.7 Å². The van der Waals surface area contributed by atoms with Crippen molar-refractivity contribution in [2.45, 2.75) is 19.5 Å². The molecule has 0 radical (unpaired) electrons. The molecule has 3 aromatic heterocycles. The number of aromatic nitrogens is 3. The number of nitrogens with zero attached hydrogens (tertiary/aromatic N) is 3. The number of hydrogen-bond acceptors (Lipinski definition) is 5. The Morgan fingerprint density at radius 1 is 1.40 bits per heavy atom. The van der Waals surface area contributed by atoms with E-state index in [2.05, 4.69) is 26.6 Å². The zero-order valence-electron chi connectivity index (χ0n) is 11.4. The highest BCUT2D eigenvalue weighted by molar-refractivity contribution is 7.15. The Bertz CT molecular complexity index is 692. The lowest BCUT2D eigenvalue weighted by atomic mass is 10.1. The Labute approximate surface area is 121 Å². The molecule has 0 saturated heterocycles. The summed E-state index contributed by atoms with van der Waals surface area (Å²) < 4.78 is 7.42. The quantitative estimate of drug-likeness (QED) is 0.784. The van der Waals surface area contributed by atoms with Crippen LogP contribution in [0.1, 0.15) is 24.2 Å². The maximum absolute atomic E-state index is 5.35. The van der Waals surface area contributed by atoms with Crippen LogP contribution in [0.2, 0.25) is 0 Å². The molecule has 0 aliphatic heterocycles. The molecule has 0 unspecified atom stereocenters. The highest BCUT2D eigenvalue weighted by Crippen LogP contribution is 2.23. The Hall–Kier alpha value is -1.92. The Morgan fingerprint density at radius 2 is 2.20 bits per heavy atom. The number of hydrogen-bond donors (Lipinski definition) is 1. The van der Waals surface area contributed by atoms with E-state index in [0.717, 1.165) is 10.7 Å². The number of rotatable bonds is 5. The molecule has 0 aliphatic carbocycles. The van der Waals surface area contributed by atoms with Crippen LogP contribution >= 0.6 is 11.3 Å². The molecule has 0 aliphatic rings. The largest absolute Gasteiger partial charge is 0.480 e. The zero-order chi connectivity index (χ0) is 13.9. The van der Waals surface area contributed by atoms with Crippen molar-refractivity contribution in [3.05, 3.63) is 47.4 Å². The van der Waals surface area contributed by atoms with Gasteiger partial charge < -0.3 is 10.1 Å². The number of fused-ring (bicyclic) bond motifs is 1. The molecule has 1 N–H and O–H groups in total. The lowest BCUT2D eigenvalue weighted by molar-refractivity contribution is 0.391. The van der Waals surface area contributed by atoms with Crippen LogP contribution in [0, 0.1) is 0 Å². The summed E-state index contributed by atoms with van der Waals surface area (Å²) in [6.07, 6.45) is 5.64. The highest BCUT2D eigenvalue weighted by Gasteiger charge is 2.14. The summed E-state index contributed by atoms with van der Waals surface area (Å²) in [7, 11) is 1.65. The van der Waals surface area contributed by atoms with E-state index in [9.17, 15) is 0 Å². The summed E-state index contributed by atoms with van der Waals surface area (Å²) >= 11 is 1.60. The first-order valence-corrected chi connectivity index (χ1v) is 7.29. The van der Waals surface area contributed by atoms with E-state index in [4.69, 9.17) is 4.74 Å². The number of pyridine rings is 1. The predicted molar refractivity (Wildman–Crippen MR) is 79.1 cm³/mol. The van der Waals surface area contributed by atoms with Crippen LogP contribution in [0.5, 0.6) is 5.88 Å². The molecule has 20 heavy (non-hydrogen) atoms. The van der Waals surface area contributed by atoms with Gasteiger partial charge in [-0.15, -0.1) is 11.3 Å². The molecule has 6 heteroatoms. The van der Waals surface area contributed by atoms with Gasteiger partial charge in [0.1, 0.15) is 5.69 Å². The van der Waals surface area contributed by atoms with Crippen LogP contribution < -0.4 is 10.1 Å². The molecule has 1 atom stereocenters. The molecular formula is C14H16N4OS. The standard InChI is InChI=1S/C14H16N4OS/c1-10(11-3-5-15-6-4-11)16-9-12-13(19-2)17-14-18(12)7-8-20-14/h3-8,10,16H,9H2,1-2H3/t10-/m1/s1. The Balaban J connectivity index is 1.78. The number of thiazole rings is 1. The van der Waals surface area contributed by atoms with Crippen LogP contribution in [0.3, 0.4) is 0 Å². The normalized spacial score (nSPS) is 12.7. The second-order valence-electron chi connectivity index (χ2n) is 4.51. The first kappa shape index (κ1) is 13.1. The van der Waals surface area contributed by atoms with E-state index in [0.29, 0.717) is 12.4 Å². The molecule has 3 heterocycles. The molecule has 0 fully saturated rings. The van der Waals surface area contributed by atoms with Crippen molar-refractivity contribution in [1.29, 1.82) is 0 Å². The molecule has 5 nitrogen and oxygen atoms in total. The average Bonchev–Trinajstić information content (AvgIpc) is 3.06. The van der Waals surface area contributed by atoms with Crippen molar-refractivity contribution >= 4 is 16.3 Å². The summed E-state index contributed by atoms with van der Waals surface area (Å²) in [5.41, 5.74) is 2.26. The van der Waals surface area contributed by atoms with Gasteiger partial charge in [-0.25, -0.2) is 0 Å². The van der Waals surface area contributed by atoms with Gasteiger partial charge in [-0.3, -0.25) is 9.38 Å². The van der Waals surface area contributed by atoms with Gasteiger partial charge in [0.2, 0.25) is 5.88 Å². The minimum absolute atomic E-state index is 0.242. The summed E-state index contributed by atoms with van der Waals surface area (Å²) in [6.45, 7) is 2.83. The fourth-order valence-electron chi connectivity index (χ4n) is 2.16. The van der Waals surface area contributed by atoms with Gasteiger partial charge >= 0.3 is 0 Å². The maximum atomic E-state index is 5.35. The number of ether oxygens (including phenoxy) is 1. The third kappa shape index (κ3) is 2.39. The Morgan fingerprint density at radius 3 is 2.95 bits per heavy atom. The zero-order valence-corrected chi connectivity index (χ0v) is 12.2. The molecule has 3 rings (SSSR count). The van der Waals surface area contributed by atoms with Gasteiger partial charge in [-0.2, -0.15) is 4.98 Å². The van der Waals surface area contributed by atoms with E-state index in [-0.39, 0.29) is 6.04 Å². The lowest BCUT2D eigenvalue weighted by Gasteiger charge is -2.14. The van der Waals surface area contributed by atoms with Crippen molar-refractivity contribution in [3.8, 4) is 5.88 Å². The smallest absolute Gasteiger partial charge is 0.237 e. The topological polar surface area (TPSA) is 51.5 Å². The van der Waals surface area contributed by atoms with Gasteiger partial charge in [-0.05, 0) is 24.6 Å². The molecule has 104 valence electrons. The fraction of sp³-hybridized carbons (Fsp3) is 0.286. The van der Waals surface area contributed by atoms with Crippen LogP contribution in [0.25, 0.3) is 4.96 Å². The molecule has 0 saturated carbocycles. The summed E-state index contributed by atoms with van der Waals surface area (Å²) in [5.74, 6) is 0.686. The van der Waals surface area contributed by atoms with E-state index in [1.165, 1.54) is 5.56 Å². The highest BCUT2D eigenvalue weighted by atomic mass is 32.1. The molecule has 0 amide bonds. The van der Waals surface area contributed by atoms with E-state index in [1.54, 1.807) is 18.4 Å². The molecule has 0 bridgehead atoms. The van der Waals surface area contributed by atoms with Crippen molar-refractivity contribution < 1.29 is 4.74 Å². The molecule has 3 aromatic rings. The van der Waals surface area contributed by atoms with Gasteiger partial charge in [-0.1, -0.05) is 0 Å². The lowest BCUT2D eigenvalue weighted by Crippen LogP contribution is -2.19. The van der Waals surface area contributed by atoms with Gasteiger partial charge in [0.15, 0.2) is 4.96 Å². The number of methoxy groups -OCH3 is 1. The third-order valence-corrected chi connectivity index (χ3v) is 4.06. The van der Waals surface area contributed by atoms with E-state index in [1.807, 2.05) is 36.1 Å². The van der Waals surface area contributed by atoms with Gasteiger partial charge in [0, 0.05) is 36.6 Å². The maximum Gasteiger partial charge on any atom is 0.237 e. The van der Waals surface area contributed by atoms with Crippen molar-refractivity contribution in [3.63, 3.8) is 0 Å². The monoisotopic (exact) mass is 288 g/mol. The van der Waals surface area contributed by atoms with Crippen molar-refractivity contribution in [2.24, 2.45) is 0 Å². The van der Waals surface area contributed by atoms with Crippen LogP contribution in [-0.2, 0) is 6.54 Å². The Kier molecular flexibility index (Phi) is 3.66. The molecule has 0 spiro atoms. The van der Waals surface area contributed by atoms with E-state index < -0.39 is 0 Å². The van der Waals surface area contributed by atoms with Crippen LogP contribution in [-0.4, -0.2) is 21.5 Å². The second kappa shape index (κ2) is 5.60. The number of nitrogens with one attached hydrogen (secondary N) is 1. The average molecular weight is 288 g/mol. The second-order valence-corrected chi connectivity index (χ2v) is 5.38. The summed E-state index contributed by atoms with van der Waals surface area (Å²) in [6, 6.07) is 4.28. The van der Waals surface area contributed by atoms with E-state index >= 15 is 0 Å².